The summed E-state index contributed by atoms with van der Waals surface area (Å²) in [4.78, 5) is 0. The minimum atomic E-state index is 0.477. The van der Waals surface area contributed by atoms with Crippen LogP contribution in [-0.4, -0.2) is 18.5 Å². The van der Waals surface area contributed by atoms with Crippen molar-refractivity contribution in [1.29, 1.82) is 0 Å². The molecule has 0 aliphatic heterocycles. The Labute approximate surface area is 97.7 Å². The minimum absolute atomic E-state index is 0.477. The third kappa shape index (κ3) is 5.35. The predicted octanol–water partition coefficient (Wildman–Crippen LogP) is 4.39. The summed E-state index contributed by atoms with van der Waals surface area (Å²) >= 11 is 3.66. The Kier molecular flexibility index (Phi) is 9.00. The highest BCUT2D eigenvalue weighted by Gasteiger charge is 2.25. The highest BCUT2D eigenvalue weighted by atomic mass is 79.9. The number of unbranched alkanes of at least 4 members (excludes halogenated alkanes) is 1. The van der Waals surface area contributed by atoms with Gasteiger partial charge in [0.2, 0.25) is 0 Å². The van der Waals surface area contributed by atoms with Crippen molar-refractivity contribution in [2.45, 2.75) is 52.9 Å². The monoisotopic (exact) mass is 264 g/mol. The second-order valence-electron chi connectivity index (χ2n) is 4.04. The fourth-order valence-electron chi connectivity index (χ4n) is 1.69. The van der Waals surface area contributed by atoms with Crippen LogP contribution in [0, 0.1) is 5.41 Å². The van der Waals surface area contributed by atoms with Crippen molar-refractivity contribution >= 4 is 15.9 Å². The first kappa shape index (κ1) is 14.4. The third-order valence-corrected chi connectivity index (χ3v) is 4.26. The Morgan fingerprint density at radius 1 is 1.14 bits per heavy atom. The quantitative estimate of drug-likeness (QED) is 0.443. The predicted molar refractivity (Wildman–Crippen MR) is 67.2 cm³/mol. The zero-order chi connectivity index (χ0) is 10.9. The molecule has 2 heteroatoms. The maximum atomic E-state index is 5.45. The van der Waals surface area contributed by atoms with E-state index in [1.165, 1.54) is 32.1 Å². The number of rotatable bonds is 9. The molecule has 0 amide bonds. The first-order valence-electron chi connectivity index (χ1n) is 5.88. The van der Waals surface area contributed by atoms with Gasteiger partial charge in [-0.3, -0.25) is 0 Å². The molecule has 0 saturated heterocycles. The molecule has 0 aliphatic carbocycles. The number of halogens is 1. The second kappa shape index (κ2) is 8.72. The van der Waals surface area contributed by atoms with Crippen molar-refractivity contribution in [3.05, 3.63) is 0 Å². The minimum Gasteiger partial charge on any atom is -0.382 e. The van der Waals surface area contributed by atoms with E-state index < -0.39 is 0 Å². The molecule has 0 aromatic carbocycles. The zero-order valence-corrected chi connectivity index (χ0v) is 11.5. The molecule has 1 atom stereocenters. The first-order chi connectivity index (χ1) is 6.74. The smallest absolute Gasteiger partial charge is 0.0471 e. The van der Waals surface area contributed by atoms with Gasteiger partial charge in [0, 0.05) is 18.5 Å². The molecule has 1 unspecified atom stereocenters. The van der Waals surface area contributed by atoms with E-state index in [9.17, 15) is 0 Å². The van der Waals surface area contributed by atoms with Crippen LogP contribution in [0.4, 0.5) is 0 Å². The van der Waals surface area contributed by atoms with Gasteiger partial charge in [0.05, 0.1) is 0 Å². The van der Waals surface area contributed by atoms with E-state index in [-0.39, 0.29) is 0 Å². The van der Waals surface area contributed by atoms with Crippen LogP contribution in [0.2, 0.25) is 0 Å². The van der Waals surface area contributed by atoms with Crippen molar-refractivity contribution in [3.8, 4) is 0 Å². The largest absolute Gasteiger partial charge is 0.382 e. The van der Waals surface area contributed by atoms with E-state index in [1.807, 2.05) is 0 Å². The van der Waals surface area contributed by atoms with E-state index in [0.717, 1.165) is 18.5 Å². The average Bonchev–Trinajstić information content (AvgIpc) is 2.24. The molecule has 0 aliphatic rings. The second-order valence-corrected chi connectivity index (χ2v) is 4.60. The Hall–Kier alpha value is 0.440. The molecule has 86 valence electrons. The lowest BCUT2D eigenvalue weighted by Crippen LogP contribution is -2.24. The molecule has 0 N–H and O–H groups in total. The summed E-state index contributed by atoms with van der Waals surface area (Å²) in [6.07, 6.45) is 6.42. The van der Waals surface area contributed by atoms with Crippen LogP contribution >= 0.6 is 15.9 Å². The SMILES string of the molecule is CCCCC(CC)(CBr)CCOCC. The lowest BCUT2D eigenvalue weighted by Gasteiger charge is -2.30. The van der Waals surface area contributed by atoms with Crippen LogP contribution in [0.5, 0.6) is 0 Å². The topological polar surface area (TPSA) is 9.23 Å². The fourth-order valence-corrected chi connectivity index (χ4v) is 2.65. The number of hydrogen-bond donors (Lipinski definition) is 0. The van der Waals surface area contributed by atoms with Gasteiger partial charge in [0.15, 0.2) is 0 Å². The normalized spacial score (nSPS) is 15.4. The molecule has 0 bridgehead atoms. The van der Waals surface area contributed by atoms with E-state index in [0.29, 0.717) is 5.41 Å². The summed E-state index contributed by atoms with van der Waals surface area (Å²) in [5.74, 6) is 0. The van der Waals surface area contributed by atoms with Crippen LogP contribution in [0.25, 0.3) is 0 Å². The molecule has 0 saturated carbocycles. The summed E-state index contributed by atoms with van der Waals surface area (Å²) < 4.78 is 5.45. The van der Waals surface area contributed by atoms with Crippen LogP contribution < -0.4 is 0 Å². The molecule has 0 aromatic rings. The van der Waals surface area contributed by atoms with Crippen molar-refractivity contribution in [1.82, 2.24) is 0 Å². The van der Waals surface area contributed by atoms with Gasteiger partial charge in [0.1, 0.15) is 0 Å². The summed E-state index contributed by atoms with van der Waals surface area (Å²) in [7, 11) is 0. The molecule has 0 aromatic heterocycles. The molecular weight excluding hydrogens is 240 g/mol. The lowest BCUT2D eigenvalue weighted by atomic mass is 9.79. The molecule has 0 heterocycles. The maximum absolute atomic E-state index is 5.45. The van der Waals surface area contributed by atoms with Crippen LogP contribution in [0.3, 0.4) is 0 Å². The lowest BCUT2D eigenvalue weighted by molar-refractivity contribution is 0.104. The van der Waals surface area contributed by atoms with Crippen LogP contribution in [0.1, 0.15) is 52.9 Å². The first-order valence-corrected chi connectivity index (χ1v) is 7.00. The van der Waals surface area contributed by atoms with Gasteiger partial charge < -0.3 is 4.74 Å². The molecule has 14 heavy (non-hydrogen) atoms. The van der Waals surface area contributed by atoms with Gasteiger partial charge in [-0.05, 0) is 31.6 Å². The molecule has 0 fully saturated rings. The Bertz CT molecular complexity index is 121. The van der Waals surface area contributed by atoms with E-state index in [4.69, 9.17) is 4.74 Å². The van der Waals surface area contributed by atoms with Gasteiger partial charge >= 0.3 is 0 Å². The van der Waals surface area contributed by atoms with Crippen molar-refractivity contribution in [3.63, 3.8) is 0 Å². The summed E-state index contributed by atoms with van der Waals surface area (Å²) in [6, 6.07) is 0. The van der Waals surface area contributed by atoms with E-state index >= 15 is 0 Å². The summed E-state index contributed by atoms with van der Waals surface area (Å²) in [5, 5.41) is 1.11. The Balaban J connectivity index is 3.94. The van der Waals surface area contributed by atoms with Crippen molar-refractivity contribution in [2.75, 3.05) is 18.5 Å². The molecule has 0 rings (SSSR count). The highest BCUT2D eigenvalue weighted by molar-refractivity contribution is 9.09. The van der Waals surface area contributed by atoms with Crippen LogP contribution in [-0.2, 0) is 4.74 Å². The van der Waals surface area contributed by atoms with Gasteiger partial charge in [-0.25, -0.2) is 0 Å². The van der Waals surface area contributed by atoms with Gasteiger partial charge in [-0.15, -0.1) is 0 Å². The van der Waals surface area contributed by atoms with Gasteiger partial charge in [-0.1, -0.05) is 42.6 Å². The maximum Gasteiger partial charge on any atom is 0.0471 e. The zero-order valence-electron chi connectivity index (χ0n) is 9.94. The average molecular weight is 265 g/mol. The number of hydrogen-bond acceptors (Lipinski definition) is 1. The Morgan fingerprint density at radius 3 is 2.29 bits per heavy atom. The van der Waals surface area contributed by atoms with Crippen molar-refractivity contribution in [2.24, 2.45) is 5.41 Å². The fraction of sp³-hybridized carbons (Fsp3) is 1.00. The summed E-state index contributed by atoms with van der Waals surface area (Å²) in [5.41, 5.74) is 0.477. The van der Waals surface area contributed by atoms with Gasteiger partial charge in [-0.2, -0.15) is 0 Å². The standard InChI is InChI=1S/C12H25BrO/c1-4-7-8-12(5-2,11-13)9-10-14-6-3/h4-11H2,1-3H3. The highest BCUT2D eigenvalue weighted by Crippen LogP contribution is 2.34. The Morgan fingerprint density at radius 2 is 1.86 bits per heavy atom. The number of ether oxygens (including phenoxy) is 1. The van der Waals surface area contributed by atoms with E-state index in [2.05, 4.69) is 36.7 Å². The van der Waals surface area contributed by atoms with Gasteiger partial charge in [0.25, 0.3) is 0 Å². The molecular formula is C12H25BrO. The number of alkyl halides is 1. The van der Waals surface area contributed by atoms with Crippen LogP contribution in [0.15, 0.2) is 0 Å². The van der Waals surface area contributed by atoms with Crippen molar-refractivity contribution < 1.29 is 4.74 Å². The summed E-state index contributed by atoms with van der Waals surface area (Å²) in [6.45, 7) is 8.38. The molecule has 0 radical (unpaired) electrons. The third-order valence-electron chi connectivity index (χ3n) is 3.07. The molecule has 0 spiro atoms. The van der Waals surface area contributed by atoms with E-state index in [1.54, 1.807) is 0 Å². The molecule has 1 nitrogen and oxygen atoms in total.